The van der Waals surface area contributed by atoms with Crippen LogP contribution in [0.2, 0.25) is 0 Å². The van der Waals surface area contributed by atoms with Crippen LogP contribution in [0.3, 0.4) is 0 Å². The second-order valence-electron chi connectivity index (χ2n) is 8.06. The third-order valence-electron chi connectivity index (χ3n) is 5.88. The maximum atomic E-state index is 12.8. The molecule has 0 aliphatic carbocycles. The van der Waals surface area contributed by atoms with Crippen LogP contribution in [0.1, 0.15) is 30.9 Å². The molecule has 0 radical (unpaired) electrons. The Morgan fingerprint density at radius 2 is 1.63 bits per heavy atom. The van der Waals surface area contributed by atoms with Gasteiger partial charge in [-0.05, 0) is 36.1 Å². The molecule has 0 bridgehead atoms. The van der Waals surface area contributed by atoms with E-state index in [9.17, 15) is 9.59 Å². The van der Waals surface area contributed by atoms with Crippen LogP contribution in [0, 0.1) is 5.41 Å². The topological polar surface area (TPSA) is 79.9 Å². The van der Waals surface area contributed by atoms with Crippen molar-refractivity contribution in [2.45, 2.75) is 32.9 Å². The van der Waals surface area contributed by atoms with Gasteiger partial charge < -0.3 is 25.0 Å². The van der Waals surface area contributed by atoms with Crippen molar-refractivity contribution in [3.8, 4) is 11.5 Å². The van der Waals surface area contributed by atoms with E-state index in [2.05, 4.69) is 10.6 Å². The number of fused-ring (bicyclic) bond motifs is 1. The molecular formula is C23H27N3O4. The van der Waals surface area contributed by atoms with E-state index in [1.807, 2.05) is 55.5 Å². The molecule has 2 aromatic carbocycles. The summed E-state index contributed by atoms with van der Waals surface area (Å²) >= 11 is 0. The molecular weight excluding hydrogens is 382 g/mol. The fraction of sp³-hybridized carbons (Fsp3) is 0.391. The van der Waals surface area contributed by atoms with Crippen LogP contribution in [-0.2, 0) is 17.9 Å². The van der Waals surface area contributed by atoms with Gasteiger partial charge in [0, 0.05) is 31.6 Å². The van der Waals surface area contributed by atoms with Gasteiger partial charge in [0.2, 0.25) is 12.7 Å². The van der Waals surface area contributed by atoms with Crippen LogP contribution in [0.25, 0.3) is 0 Å². The molecule has 2 N–H and O–H groups in total. The van der Waals surface area contributed by atoms with Gasteiger partial charge in [-0.3, -0.25) is 4.79 Å². The molecule has 2 heterocycles. The molecule has 3 amide bonds. The number of carbonyl (C=O) groups excluding carboxylic acids is 2. The third-order valence-corrected chi connectivity index (χ3v) is 5.88. The second-order valence-corrected chi connectivity index (χ2v) is 8.06. The van der Waals surface area contributed by atoms with Crippen LogP contribution in [0.5, 0.6) is 11.5 Å². The number of benzene rings is 2. The van der Waals surface area contributed by atoms with Gasteiger partial charge in [-0.1, -0.05) is 43.3 Å². The molecule has 1 fully saturated rings. The Bertz CT molecular complexity index is 908. The fourth-order valence-electron chi connectivity index (χ4n) is 3.76. The van der Waals surface area contributed by atoms with Crippen molar-refractivity contribution in [1.82, 2.24) is 15.5 Å². The molecule has 2 aliphatic heterocycles. The van der Waals surface area contributed by atoms with Gasteiger partial charge in [0.25, 0.3) is 0 Å². The molecule has 7 heteroatoms. The minimum atomic E-state index is -0.480. The second kappa shape index (κ2) is 8.65. The van der Waals surface area contributed by atoms with Crippen molar-refractivity contribution in [2.75, 3.05) is 19.9 Å². The Kier molecular flexibility index (Phi) is 5.79. The average Bonchev–Trinajstić information content (AvgIpc) is 3.25. The van der Waals surface area contributed by atoms with Gasteiger partial charge in [-0.2, -0.15) is 0 Å². The minimum absolute atomic E-state index is 0.0181. The molecule has 0 unspecified atom stereocenters. The summed E-state index contributed by atoms with van der Waals surface area (Å²) in [5.74, 6) is 1.46. The van der Waals surface area contributed by atoms with Crippen LogP contribution in [0.15, 0.2) is 48.5 Å². The highest BCUT2D eigenvalue weighted by atomic mass is 16.7. The van der Waals surface area contributed by atoms with Gasteiger partial charge in [0.1, 0.15) is 0 Å². The summed E-state index contributed by atoms with van der Waals surface area (Å²) in [6.45, 7) is 4.28. The summed E-state index contributed by atoms with van der Waals surface area (Å²) in [5.41, 5.74) is 1.55. The predicted molar refractivity (Wildman–Crippen MR) is 112 cm³/mol. The molecule has 158 valence electrons. The summed E-state index contributed by atoms with van der Waals surface area (Å²) in [5, 5.41) is 5.99. The van der Waals surface area contributed by atoms with E-state index in [4.69, 9.17) is 9.47 Å². The van der Waals surface area contributed by atoms with E-state index < -0.39 is 5.41 Å². The first-order valence-corrected chi connectivity index (χ1v) is 10.3. The van der Waals surface area contributed by atoms with E-state index in [1.165, 1.54) is 0 Å². The fourth-order valence-corrected chi connectivity index (χ4v) is 3.76. The molecule has 2 aliphatic rings. The number of rotatable bonds is 5. The van der Waals surface area contributed by atoms with Crippen molar-refractivity contribution in [1.29, 1.82) is 0 Å². The normalized spacial score (nSPS) is 16.8. The van der Waals surface area contributed by atoms with E-state index in [1.54, 1.807) is 4.90 Å². The maximum absolute atomic E-state index is 12.8. The molecule has 0 aromatic heterocycles. The molecule has 0 atom stereocenters. The van der Waals surface area contributed by atoms with E-state index in [-0.39, 0.29) is 18.7 Å². The van der Waals surface area contributed by atoms with Crippen molar-refractivity contribution in [3.05, 3.63) is 59.7 Å². The molecule has 2 aromatic rings. The predicted octanol–water partition coefficient (Wildman–Crippen LogP) is 3.04. The van der Waals surface area contributed by atoms with Crippen LogP contribution < -0.4 is 20.1 Å². The summed E-state index contributed by atoms with van der Waals surface area (Å²) in [4.78, 5) is 27.1. The van der Waals surface area contributed by atoms with E-state index in [0.29, 0.717) is 44.8 Å². The lowest BCUT2D eigenvalue weighted by molar-refractivity contribution is -0.132. The summed E-state index contributed by atoms with van der Waals surface area (Å²) < 4.78 is 10.7. The molecule has 0 saturated carbocycles. The zero-order valence-corrected chi connectivity index (χ0v) is 17.1. The average molecular weight is 409 g/mol. The smallest absolute Gasteiger partial charge is 0.317 e. The highest BCUT2D eigenvalue weighted by molar-refractivity contribution is 5.83. The van der Waals surface area contributed by atoms with Gasteiger partial charge in [-0.25, -0.2) is 4.79 Å². The number of carbonyl (C=O) groups is 2. The molecule has 30 heavy (non-hydrogen) atoms. The number of hydrogen-bond acceptors (Lipinski definition) is 4. The Balaban J connectivity index is 1.24. The summed E-state index contributed by atoms with van der Waals surface area (Å²) in [6.07, 6.45) is 1.28. The number of likely N-dealkylation sites (tertiary alicyclic amines) is 1. The number of nitrogens with one attached hydrogen (secondary N) is 2. The quantitative estimate of drug-likeness (QED) is 0.796. The Hall–Kier alpha value is -3.22. The number of urea groups is 1. The van der Waals surface area contributed by atoms with Gasteiger partial charge in [-0.15, -0.1) is 0 Å². The maximum Gasteiger partial charge on any atom is 0.317 e. The lowest BCUT2D eigenvalue weighted by atomic mass is 9.79. The highest BCUT2D eigenvalue weighted by Gasteiger charge is 2.37. The number of hydrogen-bond donors (Lipinski definition) is 2. The van der Waals surface area contributed by atoms with Gasteiger partial charge >= 0.3 is 6.03 Å². The van der Waals surface area contributed by atoms with E-state index >= 15 is 0 Å². The van der Waals surface area contributed by atoms with Gasteiger partial charge in [0.15, 0.2) is 11.5 Å². The Morgan fingerprint density at radius 3 is 2.40 bits per heavy atom. The standard InChI is InChI=1S/C23H27N3O4/c1-23(21(27)24-15-18-7-8-19-20(13-18)30-16-29-19)9-11-26(12-10-23)22(28)25-14-17-5-3-2-4-6-17/h2-8,13H,9-12,14-16H2,1H3,(H,24,27)(H,25,28). The lowest BCUT2D eigenvalue weighted by Crippen LogP contribution is -2.50. The summed E-state index contributed by atoms with van der Waals surface area (Å²) in [6, 6.07) is 15.4. The van der Waals surface area contributed by atoms with Crippen molar-refractivity contribution in [3.63, 3.8) is 0 Å². The van der Waals surface area contributed by atoms with Gasteiger partial charge in [0.05, 0.1) is 0 Å². The number of amides is 3. The van der Waals surface area contributed by atoms with Crippen molar-refractivity contribution < 1.29 is 19.1 Å². The Labute approximate surface area is 176 Å². The molecule has 1 saturated heterocycles. The van der Waals surface area contributed by atoms with Crippen LogP contribution in [-0.4, -0.2) is 36.7 Å². The molecule has 7 nitrogen and oxygen atoms in total. The Morgan fingerprint density at radius 1 is 0.933 bits per heavy atom. The molecule has 4 rings (SSSR count). The first kappa shape index (κ1) is 20.1. The van der Waals surface area contributed by atoms with Crippen LogP contribution >= 0.6 is 0 Å². The lowest BCUT2D eigenvalue weighted by Gasteiger charge is -2.38. The SMILES string of the molecule is CC1(C(=O)NCc2ccc3c(c2)OCO3)CCN(C(=O)NCc2ccccc2)CC1. The molecule has 0 spiro atoms. The largest absolute Gasteiger partial charge is 0.454 e. The highest BCUT2D eigenvalue weighted by Crippen LogP contribution is 2.33. The first-order chi connectivity index (χ1) is 14.5. The monoisotopic (exact) mass is 409 g/mol. The zero-order valence-electron chi connectivity index (χ0n) is 17.1. The number of ether oxygens (including phenoxy) is 2. The van der Waals surface area contributed by atoms with Crippen molar-refractivity contribution >= 4 is 11.9 Å². The van der Waals surface area contributed by atoms with Crippen LogP contribution in [0.4, 0.5) is 4.79 Å². The summed E-state index contributed by atoms with van der Waals surface area (Å²) in [7, 11) is 0. The van der Waals surface area contributed by atoms with E-state index in [0.717, 1.165) is 16.9 Å². The first-order valence-electron chi connectivity index (χ1n) is 10.3. The third kappa shape index (κ3) is 4.50. The number of nitrogens with zero attached hydrogens (tertiary/aromatic N) is 1. The van der Waals surface area contributed by atoms with Crippen molar-refractivity contribution in [2.24, 2.45) is 5.41 Å². The minimum Gasteiger partial charge on any atom is -0.454 e. The zero-order chi connectivity index (χ0) is 21.0. The number of piperidine rings is 1.